The highest BCUT2D eigenvalue weighted by Crippen LogP contribution is 2.18. The third kappa shape index (κ3) is 4.22. The van der Waals surface area contributed by atoms with E-state index in [0.717, 1.165) is 5.56 Å². The first kappa shape index (κ1) is 18.4. The number of benzene rings is 1. The van der Waals surface area contributed by atoms with Crippen LogP contribution in [0.1, 0.15) is 24.6 Å². The molecule has 27 heavy (non-hydrogen) atoms. The Balaban J connectivity index is 1.90. The van der Waals surface area contributed by atoms with Crippen molar-refractivity contribution in [2.45, 2.75) is 19.8 Å². The second-order valence-electron chi connectivity index (χ2n) is 6.20. The van der Waals surface area contributed by atoms with Gasteiger partial charge in [0, 0.05) is 50.2 Å². The fourth-order valence-electron chi connectivity index (χ4n) is 2.81. The van der Waals surface area contributed by atoms with Gasteiger partial charge in [-0.15, -0.1) is 0 Å². The van der Waals surface area contributed by atoms with Crippen LogP contribution in [-0.4, -0.2) is 37.3 Å². The van der Waals surface area contributed by atoms with Crippen LogP contribution < -0.4 is 10.3 Å². The van der Waals surface area contributed by atoms with Gasteiger partial charge >= 0.3 is 6.09 Å². The van der Waals surface area contributed by atoms with E-state index < -0.39 is 6.09 Å². The van der Waals surface area contributed by atoms with Crippen molar-refractivity contribution < 1.29 is 9.90 Å². The van der Waals surface area contributed by atoms with Gasteiger partial charge < -0.3 is 5.11 Å². The van der Waals surface area contributed by atoms with Gasteiger partial charge in [-0.25, -0.2) is 9.48 Å². The number of anilines is 1. The van der Waals surface area contributed by atoms with Gasteiger partial charge in [-0.2, -0.15) is 10.2 Å². The molecular weight excluding hydrogens is 346 g/mol. The Kier molecular flexibility index (Phi) is 5.35. The molecule has 0 saturated carbocycles. The normalized spacial score (nSPS) is 10.7. The molecule has 0 aliphatic carbocycles. The minimum absolute atomic E-state index is 0.170. The molecule has 1 aromatic carbocycles. The van der Waals surface area contributed by atoms with Crippen LogP contribution in [0, 0.1) is 0 Å². The average Bonchev–Trinajstić information content (AvgIpc) is 3.08. The molecule has 2 heterocycles. The van der Waals surface area contributed by atoms with Crippen LogP contribution in [0.3, 0.4) is 0 Å². The van der Waals surface area contributed by atoms with Gasteiger partial charge in [-0.05, 0) is 24.1 Å². The fourth-order valence-corrected chi connectivity index (χ4v) is 2.81. The molecule has 0 atom stereocenters. The SMILES string of the molecule is CCCN(C(=O)O)c1cccc(Cc2nn(-c3ccn(C)n3)ccc2=O)c1. The van der Waals surface area contributed by atoms with E-state index in [1.807, 2.05) is 20.0 Å². The zero-order chi connectivity index (χ0) is 19.4. The molecule has 1 amide bonds. The number of hydrogen-bond donors (Lipinski definition) is 1. The number of nitrogens with zero attached hydrogens (tertiary/aromatic N) is 5. The van der Waals surface area contributed by atoms with E-state index in [2.05, 4.69) is 10.2 Å². The summed E-state index contributed by atoms with van der Waals surface area (Å²) < 4.78 is 3.22. The van der Waals surface area contributed by atoms with E-state index in [1.54, 1.807) is 46.0 Å². The Bertz CT molecular complexity index is 1010. The van der Waals surface area contributed by atoms with E-state index >= 15 is 0 Å². The molecular formula is C19H21N5O3. The molecule has 0 saturated heterocycles. The fraction of sp³-hybridized carbons (Fsp3) is 0.263. The summed E-state index contributed by atoms with van der Waals surface area (Å²) in [4.78, 5) is 25.0. The maximum Gasteiger partial charge on any atom is 0.411 e. The number of aromatic nitrogens is 4. The summed E-state index contributed by atoms with van der Waals surface area (Å²) >= 11 is 0. The first-order valence-electron chi connectivity index (χ1n) is 8.66. The van der Waals surface area contributed by atoms with Gasteiger partial charge in [0.1, 0.15) is 5.69 Å². The van der Waals surface area contributed by atoms with Crippen molar-refractivity contribution in [1.82, 2.24) is 19.6 Å². The van der Waals surface area contributed by atoms with Crippen LogP contribution in [0.4, 0.5) is 10.5 Å². The highest BCUT2D eigenvalue weighted by Gasteiger charge is 2.14. The highest BCUT2D eigenvalue weighted by molar-refractivity contribution is 5.86. The maximum absolute atomic E-state index is 12.2. The van der Waals surface area contributed by atoms with Crippen molar-refractivity contribution in [2.75, 3.05) is 11.4 Å². The van der Waals surface area contributed by atoms with E-state index in [-0.39, 0.29) is 5.43 Å². The van der Waals surface area contributed by atoms with Crippen LogP contribution in [0.25, 0.3) is 5.82 Å². The summed E-state index contributed by atoms with van der Waals surface area (Å²) in [6.45, 7) is 2.34. The molecule has 1 N–H and O–H groups in total. The average molecular weight is 367 g/mol. The van der Waals surface area contributed by atoms with Gasteiger partial charge in [0.2, 0.25) is 5.43 Å². The van der Waals surface area contributed by atoms with Crippen LogP contribution >= 0.6 is 0 Å². The van der Waals surface area contributed by atoms with Crippen LogP contribution in [-0.2, 0) is 13.5 Å². The lowest BCUT2D eigenvalue weighted by Crippen LogP contribution is -2.29. The molecule has 8 heteroatoms. The zero-order valence-electron chi connectivity index (χ0n) is 15.2. The van der Waals surface area contributed by atoms with Gasteiger partial charge in [0.05, 0.1) is 0 Å². The van der Waals surface area contributed by atoms with Gasteiger partial charge in [-0.1, -0.05) is 19.1 Å². The lowest BCUT2D eigenvalue weighted by molar-refractivity contribution is 0.202. The third-order valence-electron chi connectivity index (χ3n) is 4.09. The van der Waals surface area contributed by atoms with E-state index in [1.165, 1.54) is 11.0 Å². The lowest BCUT2D eigenvalue weighted by atomic mass is 10.1. The molecule has 2 aromatic heterocycles. The number of amides is 1. The Morgan fingerprint density at radius 3 is 2.67 bits per heavy atom. The molecule has 0 aliphatic heterocycles. The van der Waals surface area contributed by atoms with Crippen molar-refractivity contribution in [3.63, 3.8) is 0 Å². The molecule has 0 bridgehead atoms. The molecule has 8 nitrogen and oxygen atoms in total. The lowest BCUT2D eigenvalue weighted by Gasteiger charge is -2.19. The number of aryl methyl sites for hydroxylation is 1. The maximum atomic E-state index is 12.2. The number of rotatable bonds is 6. The Morgan fingerprint density at radius 1 is 1.19 bits per heavy atom. The Hall–Kier alpha value is -3.42. The van der Waals surface area contributed by atoms with E-state index in [4.69, 9.17) is 0 Å². The molecule has 3 rings (SSSR count). The summed E-state index contributed by atoms with van der Waals surface area (Å²) in [7, 11) is 1.81. The monoisotopic (exact) mass is 367 g/mol. The minimum Gasteiger partial charge on any atom is -0.465 e. The van der Waals surface area contributed by atoms with E-state index in [9.17, 15) is 14.7 Å². The summed E-state index contributed by atoms with van der Waals surface area (Å²) in [6.07, 6.45) is 3.40. The van der Waals surface area contributed by atoms with Gasteiger partial charge in [0.25, 0.3) is 0 Å². The quantitative estimate of drug-likeness (QED) is 0.722. The molecule has 0 radical (unpaired) electrons. The molecule has 3 aromatic rings. The Labute approximate surface area is 156 Å². The molecule has 0 aliphatic rings. The standard InChI is InChI=1S/C19H21N5O3/c1-3-9-23(19(26)27)15-6-4-5-14(12-15)13-16-17(25)7-11-24(20-16)18-8-10-22(2)21-18/h4-8,10-12H,3,9,13H2,1-2H3,(H,26,27). The molecule has 0 spiro atoms. The van der Waals surface area contributed by atoms with Crippen molar-refractivity contribution in [3.8, 4) is 5.82 Å². The first-order chi connectivity index (χ1) is 13.0. The predicted octanol–water partition coefficient (Wildman–Crippen LogP) is 2.45. The predicted molar refractivity (Wildman–Crippen MR) is 102 cm³/mol. The Morgan fingerprint density at radius 2 is 2.00 bits per heavy atom. The van der Waals surface area contributed by atoms with Gasteiger partial charge in [0.15, 0.2) is 5.82 Å². The molecule has 0 unspecified atom stereocenters. The van der Waals surface area contributed by atoms with E-state index in [0.29, 0.717) is 36.6 Å². The molecule has 0 fully saturated rings. The third-order valence-corrected chi connectivity index (χ3v) is 4.09. The van der Waals surface area contributed by atoms with Crippen LogP contribution in [0.5, 0.6) is 0 Å². The summed E-state index contributed by atoms with van der Waals surface area (Å²) in [5.74, 6) is 0.618. The summed E-state index contributed by atoms with van der Waals surface area (Å²) in [5.41, 5.74) is 1.61. The largest absolute Gasteiger partial charge is 0.465 e. The summed E-state index contributed by atoms with van der Waals surface area (Å²) in [6, 6.07) is 10.4. The van der Waals surface area contributed by atoms with Crippen LogP contribution in [0.15, 0.2) is 53.6 Å². The van der Waals surface area contributed by atoms with Crippen molar-refractivity contribution in [2.24, 2.45) is 7.05 Å². The zero-order valence-corrected chi connectivity index (χ0v) is 15.2. The van der Waals surface area contributed by atoms with Crippen molar-refractivity contribution in [1.29, 1.82) is 0 Å². The summed E-state index contributed by atoms with van der Waals surface area (Å²) in [5, 5.41) is 18.1. The second-order valence-corrected chi connectivity index (χ2v) is 6.20. The van der Waals surface area contributed by atoms with Crippen LogP contribution in [0.2, 0.25) is 0 Å². The topological polar surface area (TPSA) is 93.2 Å². The second kappa shape index (κ2) is 7.86. The van der Waals surface area contributed by atoms with Crippen molar-refractivity contribution in [3.05, 3.63) is 70.3 Å². The minimum atomic E-state index is -0.996. The smallest absolute Gasteiger partial charge is 0.411 e. The number of carbonyl (C=O) groups is 1. The van der Waals surface area contributed by atoms with Crippen molar-refractivity contribution >= 4 is 11.8 Å². The number of carboxylic acid groups (broad SMARTS) is 1. The van der Waals surface area contributed by atoms with Gasteiger partial charge in [-0.3, -0.25) is 14.4 Å². The number of hydrogen-bond acceptors (Lipinski definition) is 4. The first-order valence-corrected chi connectivity index (χ1v) is 8.66. The molecule has 140 valence electrons. The highest BCUT2D eigenvalue weighted by atomic mass is 16.4.